The van der Waals surface area contributed by atoms with Crippen molar-refractivity contribution in [3.63, 3.8) is 0 Å². The van der Waals surface area contributed by atoms with Crippen LogP contribution in [0.25, 0.3) is 0 Å². The van der Waals surface area contributed by atoms with Crippen LogP contribution in [0.1, 0.15) is 9.67 Å². The number of Topliss-reactive ketones (excluding diaryl/α,β-unsaturated/α-hetero) is 1. The third-order valence-electron chi connectivity index (χ3n) is 1.71. The van der Waals surface area contributed by atoms with Gasteiger partial charge in [0.15, 0.2) is 5.78 Å². The third-order valence-corrected chi connectivity index (χ3v) is 2.98. The molecule has 0 aliphatic rings. The summed E-state index contributed by atoms with van der Waals surface area (Å²) < 4.78 is 36.4. The molecule has 0 bridgehead atoms. The highest BCUT2D eigenvalue weighted by molar-refractivity contribution is 7.18. The van der Waals surface area contributed by atoms with Gasteiger partial charge in [0.05, 0.1) is 22.3 Å². The predicted molar refractivity (Wildman–Crippen MR) is 57.2 cm³/mol. The van der Waals surface area contributed by atoms with Crippen molar-refractivity contribution in [1.29, 1.82) is 0 Å². The van der Waals surface area contributed by atoms with Gasteiger partial charge in [0.1, 0.15) is 0 Å². The molecule has 90 valence electrons. The molecule has 0 atom stereocenters. The van der Waals surface area contributed by atoms with Gasteiger partial charge in [-0.1, -0.05) is 11.6 Å². The highest BCUT2D eigenvalue weighted by Gasteiger charge is 2.29. The van der Waals surface area contributed by atoms with Gasteiger partial charge in [-0.25, -0.2) is 0 Å². The number of thiophene rings is 1. The average Bonchev–Trinajstić information content (AvgIpc) is 2.47. The lowest BCUT2D eigenvalue weighted by molar-refractivity contribution is -0.141. The lowest BCUT2D eigenvalue weighted by Crippen LogP contribution is -2.34. The molecule has 0 aliphatic heterocycles. The maximum Gasteiger partial charge on any atom is 0.401 e. The van der Waals surface area contributed by atoms with Crippen molar-refractivity contribution in [1.82, 2.24) is 4.90 Å². The van der Waals surface area contributed by atoms with Crippen molar-refractivity contribution in [3.05, 3.63) is 21.3 Å². The highest BCUT2D eigenvalue weighted by Crippen LogP contribution is 2.22. The Hall–Kier alpha value is -0.590. The van der Waals surface area contributed by atoms with E-state index in [1.807, 2.05) is 0 Å². The van der Waals surface area contributed by atoms with Gasteiger partial charge in [-0.15, -0.1) is 11.3 Å². The molecule has 1 aromatic rings. The summed E-state index contributed by atoms with van der Waals surface area (Å²) in [4.78, 5) is 12.8. The Kier molecular flexibility index (Phi) is 4.35. The zero-order valence-corrected chi connectivity index (χ0v) is 9.92. The number of nitrogens with zero attached hydrogens (tertiary/aromatic N) is 1. The molecular formula is C9H9ClF3NOS. The predicted octanol–water partition coefficient (Wildman–Crippen LogP) is 3.08. The highest BCUT2D eigenvalue weighted by atomic mass is 35.5. The number of likely N-dealkylation sites (N-methyl/N-ethyl adjacent to an activating group) is 1. The number of alkyl halides is 3. The topological polar surface area (TPSA) is 20.3 Å². The summed E-state index contributed by atoms with van der Waals surface area (Å²) in [5.74, 6) is -0.358. The summed E-state index contributed by atoms with van der Waals surface area (Å²) in [5.41, 5.74) is 0. The van der Waals surface area contributed by atoms with Crippen LogP contribution in [0.15, 0.2) is 12.1 Å². The van der Waals surface area contributed by atoms with Crippen molar-refractivity contribution in [2.24, 2.45) is 0 Å². The van der Waals surface area contributed by atoms with Crippen LogP contribution in [0.2, 0.25) is 4.34 Å². The van der Waals surface area contributed by atoms with E-state index in [9.17, 15) is 18.0 Å². The third kappa shape index (κ3) is 4.51. The molecule has 0 amide bonds. The van der Waals surface area contributed by atoms with E-state index in [0.717, 1.165) is 16.2 Å². The van der Waals surface area contributed by atoms with Gasteiger partial charge < -0.3 is 0 Å². The van der Waals surface area contributed by atoms with E-state index in [0.29, 0.717) is 9.21 Å². The monoisotopic (exact) mass is 271 g/mol. The molecule has 0 saturated heterocycles. The van der Waals surface area contributed by atoms with Gasteiger partial charge in [-0.05, 0) is 19.2 Å². The molecule has 16 heavy (non-hydrogen) atoms. The van der Waals surface area contributed by atoms with Gasteiger partial charge in [-0.2, -0.15) is 13.2 Å². The van der Waals surface area contributed by atoms with Crippen molar-refractivity contribution >= 4 is 28.7 Å². The van der Waals surface area contributed by atoms with E-state index in [1.165, 1.54) is 13.1 Å². The largest absolute Gasteiger partial charge is 0.401 e. The Labute approximate surface area is 99.6 Å². The van der Waals surface area contributed by atoms with Crippen molar-refractivity contribution in [2.45, 2.75) is 6.18 Å². The van der Waals surface area contributed by atoms with Gasteiger partial charge in [0.2, 0.25) is 0 Å². The standard InChI is InChI=1S/C9H9ClF3NOS/c1-14(5-9(11,12)13)4-6(15)7-2-3-8(10)16-7/h2-3H,4-5H2,1H3. The van der Waals surface area contributed by atoms with Crippen molar-refractivity contribution in [3.8, 4) is 0 Å². The number of rotatable bonds is 4. The first-order chi connectivity index (χ1) is 7.28. The number of hydrogen-bond donors (Lipinski definition) is 0. The zero-order valence-electron chi connectivity index (χ0n) is 8.34. The molecule has 0 radical (unpaired) electrons. The summed E-state index contributed by atoms with van der Waals surface area (Å²) in [6.45, 7) is -1.37. The van der Waals surface area contributed by atoms with Crippen LogP contribution in [0.4, 0.5) is 13.2 Å². The summed E-state index contributed by atoms with van der Waals surface area (Å²) in [6.07, 6.45) is -4.29. The number of ketones is 1. The molecule has 1 aromatic heterocycles. The quantitative estimate of drug-likeness (QED) is 0.785. The second-order valence-corrected chi connectivity index (χ2v) is 5.03. The number of carbonyl (C=O) groups excluding carboxylic acids is 1. The molecule has 2 nitrogen and oxygen atoms in total. The fraction of sp³-hybridized carbons (Fsp3) is 0.444. The number of carbonyl (C=O) groups is 1. The van der Waals surface area contributed by atoms with E-state index in [1.54, 1.807) is 6.07 Å². The molecule has 1 rings (SSSR count). The fourth-order valence-electron chi connectivity index (χ4n) is 1.15. The van der Waals surface area contributed by atoms with Crippen LogP contribution >= 0.6 is 22.9 Å². The van der Waals surface area contributed by atoms with E-state index in [4.69, 9.17) is 11.6 Å². The second kappa shape index (κ2) is 5.16. The molecule has 0 aliphatic carbocycles. The first-order valence-corrected chi connectivity index (χ1v) is 5.51. The van der Waals surface area contributed by atoms with E-state index >= 15 is 0 Å². The van der Waals surface area contributed by atoms with Crippen LogP contribution in [-0.4, -0.2) is 37.0 Å². The van der Waals surface area contributed by atoms with Gasteiger partial charge in [0.25, 0.3) is 0 Å². The Balaban J connectivity index is 2.52. The SMILES string of the molecule is CN(CC(=O)c1ccc(Cl)s1)CC(F)(F)F. The number of halogens is 4. The second-order valence-electron chi connectivity index (χ2n) is 3.31. The number of hydrogen-bond acceptors (Lipinski definition) is 3. The van der Waals surface area contributed by atoms with Crippen molar-refractivity contribution in [2.75, 3.05) is 20.1 Å². The average molecular weight is 272 g/mol. The smallest absolute Gasteiger partial charge is 0.292 e. The minimum atomic E-state index is -4.29. The van der Waals surface area contributed by atoms with E-state index in [-0.39, 0.29) is 12.3 Å². The maximum atomic E-state index is 12.0. The molecule has 7 heteroatoms. The van der Waals surface area contributed by atoms with Crippen LogP contribution < -0.4 is 0 Å². The molecule has 1 heterocycles. The Morgan fingerprint density at radius 3 is 2.56 bits per heavy atom. The minimum absolute atomic E-state index is 0.268. The lowest BCUT2D eigenvalue weighted by Gasteiger charge is -2.16. The van der Waals surface area contributed by atoms with Gasteiger partial charge >= 0.3 is 6.18 Å². The van der Waals surface area contributed by atoms with E-state index < -0.39 is 12.7 Å². The van der Waals surface area contributed by atoms with Gasteiger partial charge in [-0.3, -0.25) is 9.69 Å². The Morgan fingerprint density at radius 2 is 2.12 bits per heavy atom. The molecule has 0 N–H and O–H groups in total. The van der Waals surface area contributed by atoms with Crippen LogP contribution in [0, 0.1) is 0 Å². The Bertz CT molecular complexity index is 377. The molecular weight excluding hydrogens is 263 g/mol. The summed E-state index contributed by atoms with van der Waals surface area (Å²) in [6, 6.07) is 3.06. The first-order valence-electron chi connectivity index (χ1n) is 4.32. The fourth-order valence-corrected chi connectivity index (χ4v) is 2.12. The Morgan fingerprint density at radius 1 is 1.50 bits per heavy atom. The maximum absolute atomic E-state index is 12.0. The molecule has 0 spiro atoms. The summed E-state index contributed by atoms with van der Waals surface area (Å²) in [7, 11) is 1.25. The van der Waals surface area contributed by atoms with Gasteiger partial charge in [0, 0.05) is 0 Å². The molecule has 0 unspecified atom stereocenters. The minimum Gasteiger partial charge on any atom is -0.292 e. The molecule has 0 saturated carbocycles. The summed E-state index contributed by atoms with van der Waals surface area (Å²) >= 11 is 6.68. The van der Waals surface area contributed by atoms with Crippen LogP contribution in [0.5, 0.6) is 0 Å². The normalized spacial score (nSPS) is 12.1. The molecule has 0 fully saturated rings. The van der Waals surface area contributed by atoms with Crippen molar-refractivity contribution < 1.29 is 18.0 Å². The molecule has 0 aromatic carbocycles. The lowest BCUT2D eigenvalue weighted by atomic mass is 10.3. The summed E-state index contributed by atoms with van der Waals surface area (Å²) in [5, 5.41) is 0. The van der Waals surface area contributed by atoms with Crippen LogP contribution in [0.3, 0.4) is 0 Å². The zero-order chi connectivity index (χ0) is 12.3. The first kappa shape index (κ1) is 13.5. The van der Waals surface area contributed by atoms with E-state index in [2.05, 4.69) is 0 Å². The van der Waals surface area contributed by atoms with Crippen LogP contribution in [-0.2, 0) is 0 Å².